The molecule has 7 heteroatoms. The number of nitriles is 1. The van der Waals surface area contributed by atoms with Crippen LogP contribution in [0.25, 0.3) is 33.3 Å². The molecule has 7 nitrogen and oxygen atoms in total. The first-order valence-corrected chi connectivity index (χ1v) is 9.03. The van der Waals surface area contributed by atoms with Gasteiger partial charge in [-0.2, -0.15) is 5.26 Å². The second-order valence-corrected chi connectivity index (χ2v) is 6.47. The maximum atomic E-state index is 12.4. The molecular weight excluding hydrogens is 380 g/mol. The van der Waals surface area contributed by atoms with Gasteiger partial charge in [0.05, 0.1) is 29.8 Å². The molecule has 2 aromatic heterocycles. The zero-order chi connectivity index (χ0) is 21.1. The van der Waals surface area contributed by atoms with Crippen LogP contribution in [-0.4, -0.2) is 28.2 Å². The topological polar surface area (TPSA) is 108 Å². The monoisotopic (exact) mass is 396 g/mol. The van der Waals surface area contributed by atoms with Gasteiger partial charge in [0, 0.05) is 23.3 Å². The van der Waals surface area contributed by atoms with E-state index >= 15 is 0 Å². The molecule has 0 aliphatic carbocycles. The molecule has 0 bridgehead atoms. The maximum Gasteiger partial charge on any atom is 0.279 e. The summed E-state index contributed by atoms with van der Waals surface area (Å²) >= 11 is 0. The standard InChI is InChI=1S/C23H16N4O3/c1-30-22-20(23(28)27-29)18-13-25-11-10-19(18)26-21(22)17-8-6-16(7-9-17)15-4-2-14(12-24)3-5-15/h2-11,13,29H,1H3,(H,27,28). The van der Waals surface area contributed by atoms with Crippen LogP contribution in [-0.2, 0) is 0 Å². The molecule has 0 spiro atoms. The summed E-state index contributed by atoms with van der Waals surface area (Å²) in [5.74, 6) is -0.462. The minimum atomic E-state index is -0.706. The van der Waals surface area contributed by atoms with Crippen molar-refractivity contribution in [3.05, 3.63) is 78.1 Å². The number of benzene rings is 2. The van der Waals surface area contributed by atoms with Crippen molar-refractivity contribution in [3.63, 3.8) is 0 Å². The zero-order valence-electron chi connectivity index (χ0n) is 16.0. The van der Waals surface area contributed by atoms with E-state index in [4.69, 9.17) is 10.00 Å². The predicted octanol–water partition coefficient (Wildman–Crippen LogP) is 3.96. The summed E-state index contributed by atoms with van der Waals surface area (Å²) in [5, 5.41) is 18.6. The van der Waals surface area contributed by atoms with Crippen LogP contribution >= 0.6 is 0 Å². The molecule has 146 valence electrons. The fraction of sp³-hybridized carbons (Fsp3) is 0.0435. The summed E-state index contributed by atoms with van der Waals surface area (Å²) in [5.41, 5.74) is 6.15. The number of hydroxylamine groups is 1. The van der Waals surface area contributed by atoms with Crippen molar-refractivity contribution in [2.24, 2.45) is 0 Å². The van der Waals surface area contributed by atoms with E-state index in [0.29, 0.717) is 22.2 Å². The van der Waals surface area contributed by atoms with Crippen LogP contribution in [0.3, 0.4) is 0 Å². The second-order valence-electron chi connectivity index (χ2n) is 6.47. The van der Waals surface area contributed by atoms with Crippen molar-refractivity contribution >= 4 is 16.8 Å². The van der Waals surface area contributed by atoms with Gasteiger partial charge in [-0.15, -0.1) is 0 Å². The van der Waals surface area contributed by atoms with Crippen LogP contribution in [0.5, 0.6) is 5.75 Å². The third kappa shape index (κ3) is 3.32. The highest BCUT2D eigenvalue weighted by Crippen LogP contribution is 2.36. The van der Waals surface area contributed by atoms with Crippen LogP contribution in [0.2, 0.25) is 0 Å². The molecule has 1 amide bonds. The lowest BCUT2D eigenvalue weighted by molar-refractivity contribution is 0.0705. The third-order valence-electron chi connectivity index (χ3n) is 4.78. The number of aromatic nitrogens is 2. The van der Waals surface area contributed by atoms with Gasteiger partial charge < -0.3 is 4.74 Å². The number of amides is 1. The van der Waals surface area contributed by atoms with Gasteiger partial charge in [0.1, 0.15) is 5.69 Å². The summed E-state index contributed by atoms with van der Waals surface area (Å²) in [6.45, 7) is 0. The Bertz CT molecular complexity index is 1280. The Morgan fingerprint density at radius 3 is 2.27 bits per heavy atom. The molecule has 2 heterocycles. The van der Waals surface area contributed by atoms with E-state index in [9.17, 15) is 10.0 Å². The molecule has 0 radical (unpaired) electrons. The quantitative estimate of drug-likeness (QED) is 0.399. The Morgan fingerprint density at radius 2 is 1.67 bits per heavy atom. The number of hydrogen-bond donors (Lipinski definition) is 2. The number of ether oxygens (including phenoxy) is 1. The Kier molecular flexibility index (Phi) is 5.08. The molecule has 30 heavy (non-hydrogen) atoms. The fourth-order valence-electron chi connectivity index (χ4n) is 3.32. The fourth-order valence-corrected chi connectivity index (χ4v) is 3.32. The number of rotatable bonds is 4. The van der Waals surface area contributed by atoms with Crippen molar-refractivity contribution in [2.75, 3.05) is 7.11 Å². The predicted molar refractivity (Wildman–Crippen MR) is 111 cm³/mol. The lowest BCUT2D eigenvalue weighted by Gasteiger charge is -2.15. The number of hydrogen-bond acceptors (Lipinski definition) is 6. The molecule has 0 fully saturated rings. The average molecular weight is 396 g/mol. The molecule has 0 saturated heterocycles. The van der Waals surface area contributed by atoms with Gasteiger partial charge in [-0.25, -0.2) is 10.5 Å². The highest BCUT2D eigenvalue weighted by molar-refractivity contribution is 6.09. The summed E-state index contributed by atoms with van der Waals surface area (Å²) < 4.78 is 5.51. The van der Waals surface area contributed by atoms with E-state index in [2.05, 4.69) is 16.0 Å². The Hall–Kier alpha value is -4.28. The SMILES string of the molecule is COc1c(-c2ccc(-c3ccc(C#N)cc3)cc2)nc2ccncc2c1C(=O)NO. The Balaban J connectivity index is 1.84. The Labute approximate surface area is 172 Å². The van der Waals surface area contributed by atoms with Crippen LogP contribution in [0.1, 0.15) is 15.9 Å². The van der Waals surface area contributed by atoms with Crippen LogP contribution in [0.4, 0.5) is 0 Å². The minimum Gasteiger partial charge on any atom is -0.494 e. The highest BCUT2D eigenvalue weighted by atomic mass is 16.5. The first kappa shape index (κ1) is 19.1. The summed E-state index contributed by atoms with van der Waals surface area (Å²) in [7, 11) is 1.45. The molecule has 0 unspecified atom stereocenters. The average Bonchev–Trinajstić information content (AvgIpc) is 2.82. The summed E-state index contributed by atoms with van der Waals surface area (Å²) in [6, 6.07) is 18.7. The summed E-state index contributed by atoms with van der Waals surface area (Å²) in [4.78, 5) is 21.1. The van der Waals surface area contributed by atoms with E-state index in [0.717, 1.165) is 16.7 Å². The molecule has 0 aliphatic rings. The minimum absolute atomic E-state index is 0.157. The molecule has 4 aromatic rings. The van der Waals surface area contributed by atoms with Crippen molar-refractivity contribution in [2.45, 2.75) is 0 Å². The normalized spacial score (nSPS) is 10.4. The lowest BCUT2D eigenvalue weighted by atomic mass is 9.99. The van der Waals surface area contributed by atoms with E-state index in [-0.39, 0.29) is 11.3 Å². The molecular formula is C23H16N4O3. The first-order chi connectivity index (χ1) is 14.7. The molecule has 0 atom stereocenters. The van der Waals surface area contributed by atoms with Crippen molar-refractivity contribution in [1.29, 1.82) is 5.26 Å². The van der Waals surface area contributed by atoms with E-state index < -0.39 is 5.91 Å². The first-order valence-electron chi connectivity index (χ1n) is 9.03. The van der Waals surface area contributed by atoms with E-state index in [1.54, 1.807) is 29.9 Å². The number of carbonyl (C=O) groups is 1. The Morgan fingerprint density at radius 1 is 1.03 bits per heavy atom. The smallest absolute Gasteiger partial charge is 0.279 e. The highest BCUT2D eigenvalue weighted by Gasteiger charge is 2.22. The molecule has 2 aromatic carbocycles. The number of nitrogens with one attached hydrogen (secondary N) is 1. The van der Waals surface area contributed by atoms with Gasteiger partial charge in [0.2, 0.25) is 0 Å². The van der Waals surface area contributed by atoms with Crippen molar-refractivity contribution in [1.82, 2.24) is 15.4 Å². The maximum absolute atomic E-state index is 12.4. The van der Waals surface area contributed by atoms with Gasteiger partial charge in [0.15, 0.2) is 5.75 Å². The van der Waals surface area contributed by atoms with Gasteiger partial charge in [-0.3, -0.25) is 15.0 Å². The van der Waals surface area contributed by atoms with E-state index in [1.165, 1.54) is 13.3 Å². The molecule has 4 rings (SSSR count). The zero-order valence-corrected chi connectivity index (χ0v) is 16.0. The van der Waals surface area contributed by atoms with Crippen LogP contribution < -0.4 is 10.2 Å². The van der Waals surface area contributed by atoms with Crippen LogP contribution in [0.15, 0.2) is 67.0 Å². The number of carbonyl (C=O) groups excluding carboxylic acids is 1. The number of methoxy groups -OCH3 is 1. The van der Waals surface area contributed by atoms with Gasteiger partial charge in [0.25, 0.3) is 5.91 Å². The van der Waals surface area contributed by atoms with Crippen molar-refractivity contribution in [3.8, 4) is 34.2 Å². The third-order valence-corrected chi connectivity index (χ3v) is 4.78. The number of nitrogens with zero attached hydrogens (tertiary/aromatic N) is 3. The van der Waals surface area contributed by atoms with Crippen molar-refractivity contribution < 1.29 is 14.7 Å². The van der Waals surface area contributed by atoms with E-state index in [1.807, 2.05) is 36.4 Å². The molecule has 0 saturated carbocycles. The number of fused-ring (bicyclic) bond motifs is 1. The largest absolute Gasteiger partial charge is 0.494 e. The second kappa shape index (κ2) is 7.99. The molecule has 2 N–H and O–H groups in total. The molecule has 0 aliphatic heterocycles. The van der Waals surface area contributed by atoms with Crippen LogP contribution in [0, 0.1) is 11.3 Å². The number of pyridine rings is 2. The van der Waals surface area contributed by atoms with Gasteiger partial charge >= 0.3 is 0 Å². The lowest BCUT2D eigenvalue weighted by Crippen LogP contribution is -2.20. The van der Waals surface area contributed by atoms with Gasteiger partial charge in [-0.05, 0) is 29.3 Å². The summed E-state index contributed by atoms with van der Waals surface area (Å²) in [6.07, 6.45) is 3.09. The van der Waals surface area contributed by atoms with Gasteiger partial charge in [-0.1, -0.05) is 36.4 Å².